The molecule has 0 aliphatic rings. The lowest BCUT2D eigenvalue weighted by molar-refractivity contribution is 0.484. The van der Waals surface area contributed by atoms with Crippen LogP contribution in [0.4, 0.5) is 10.1 Å². The maximum absolute atomic E-state index is 12.8. The summed E-state index contributed by atoms with van der Waals surface area (Å²) in [5.74, 6) is 0.254. The van der Waals surface area contributed by atoms with Crippen LogP contribution in [0, 0.1) is 11.7 Å². The Balaban J connectivity index is 2.32. The van der Waals surface area contributed by atoms with E-state index in [1.807, 2.05) is 10.9 Å². The van der Waals surface area contributed by atoms with Gasteiger partial charge in [0.15, 0.2) is 0 Å². The van der Waals surface area contributed by atoms with Gasteiger partial charge in [-0.05, 0) is 30.2 Å². The first kappa shape index (κ1) is 11.6. The monoisotopic (exact) mass is 233 g/mol. The molecule has 3 nitrogen and oxygen atoms in total. The Kier molecular flexibility index (Phi) is 3.13. The van der Waals surface area contributed by atoms with Crippen molar-refractivity contribution in [1.29, 1.82) is 0 Å². The molecule has 2 aromatic rings. The summed E-state index contributed by atoms with van der Waals surface area (Å²) in [6.45, 7) is 5.07. The van der Waals surface area contributed by atoms with Crippen molar-refractivity contribution >= 4 is 5.69 Å². The fourth-order valence-corrected chi connectivity index (χ4v) is 1.74. The average molecular weight is 233 g/mol. The van der Waals surface area contributed by atoms with Crippen LogP contribution in [0.5, 0.6) is 0 Å². The van der Waals surface area contributed by atoms with Gasteiger partial charge in [-0.15, -0.1) is 0 Å². The maximum atomic E-state index is 12.8. The van der Waals surface area contributed by atoms with Crippen molar-refractivity contribution in [2.24, 2.45) is 5.92 Å². The molecule has 2 N–H and O–H groups in total. The Morgan fingerprint density at radius 1 is 1.29 bits per heavy atom. The Morgan fingerprint density at radius 2 is 1.94 bits per heavy atom. The quantitative estimate of drug-likeness (QED) is 0.885. The van der Waals surface area contributed by atoms with E-state index in [4.69, 9.17) is 5.73 Å². The zero-order valence-corrected chi connectivity index (χ0v) is 10.0. The van der Waals surface area contributed by atoms with Crippen LogP contribution in [-0.4, -0.2) is 9.78 Å². The second kappa shape index (κ2) is 4.57. The van der Waals surface area contributed by atoms with Crippen molar-refractivity contribution in [2.75, 3.05) is 5.73 Å². The van der Waals surface area contributed by atoms with Gasteiger partial charge in [-0.25, -0.2) is 4.39 Å². The fourth-order valence-electron chi connectivity index (χ4n) is 1.74. The molecule has 90 valence electrons. The van der Waals surface area contributed by atoms with E-state index in [1.165, 1.54) is 12.1 Å². The number of anilines is 1. The van der Waals surface area contributed by atoms with E-state index >= 15 is 0 Å². The third kappa shape index (κ3) is 2.64. The minimum atomic E-state index is -0.256. The van der Waals surface area contributed by atoms with Crippen LogP contribution in [0.3, 0.4) is 0 Å². The normalized spacial score (nSPS) is 11.1. The van der Waals surface area contributed by atoms with E-state index in [0.717, 1.165) is 12.1 Å². The molecule has 17 heavy (non-hydrogen) atoms. The third-order valence-corrected chi connectivity index (χ3v) is 2.46. The standard InChI is InChI=1S/C13H16FN3/c1-9(2)7-17-8-12(15)13(16-17)10-3-5-11(14)6-4-10/h3-6,8-9H,7,15H2,1-2H3. The van der Waals surface area contributed by atoms with Crippen molar-refractivity contribution in [3.8, 4) is 11.3 Å². The first-order valence-corrected chi connectivity index (χ1v) is 5.65. The first-order chi connectivity index (χ1) is 8.06. The van der Waals surface area contributed by atoms with Crippen molar-refractivity contribution in [1.82, 2.24) is 9.78 Å². The predicted octanol–water partition coefficient (Wildman–Crippen LogP) is 2.93. The van der Waals surface area contributed by atoms with E-state index in [1.54, 1.807) is 12.1 Å². The molecule has 0 fully saturated rings. The molecule has 0 aliphatic heterocycles. The summed E-state index contributed by atoms with van der Waals surface area (Å²) in [7, 11) is 0. The number of hydrogen-bond acceptors (Lipinski definition) is 2. The molecule has 0 unspecified atom stereocenters. The van der Waals surface area contributed by atoms with Crippen LogP contribution in [0.25, 0.3) is 11.3 Å². The van der Waals surface area contributed by atoms with Crippen LogP contribution >= 0.6 is 0 Å². The summed E-state index contributed by atoms with van der Waals surface area (Å²) in [5, 5.41) is 4.42. The summed E-state index contributed by atoms with van der Waals surface area (Å²) in [6.07, 6.45) is 1.82. The SMILES string of the molecule is CC(C)Cn1cc(N)c(-c2ccc(F)cc2)n1. The van der Waals surface area contributed by atoms with Crippen LogP contribution in [0.2, 0.25) is 0 Å². The highest BCUT2D eigenvalue weighted by Crippen LogP contribution is 2.24. The Hall–Kier alpha value is -1.84. The number of rotatable bonds is 3. The molecule has 0 aliphatic carbocycles. The lowest BCUT2D eigenvalue weighted by Gasteiger charge is -2.03. The van der Waals surface area contributed by atoms with Gasteiger partial charge in [0, 0.05) is 18.3 Å². The molecule has 0 radical (unpaired) electrons. The van der Waals surface area contributed by atoms with Crippen molar-refractivity contribution in [3.05, 3.63) is 36.3 Å². The molecule has 0 saturated carbocycles. The lowest BCUT2D eigenvalue weighted by atomic mass is 10.1. The zero-order chi connectivity index (χ0) is 12.4. The van der Waals surface area contributed by atoms with Gasteiger partial charge in [0.05, 0.1) is 5.69 Å². The van der Waals surface area contributed by atoms with Crippen molar-refractivity contribution < 1.29 is 4.39 Å². The second-order valence-corrected chi connectivity index (χ2v) is 4.56. The molecule has 1 aromatic carbocycles. The summed E-state index contributed by atoms with van der Waals surface area (Å²) in [4.78, 5) is 0. The van der Waals surface area contributed by atoms with E-state index in [-0.39, 0.29) is 5.82 Å². The number of halogens is 1. The number of nitrogen functional groups attached to an aromatic ring is 1. The van der Waals surface area contributed by atoms with Crippen molar-refractivity contribution in [3.63, 3.8) is 0 Å². The molecule has 0 saturated heterocycles. The largest absolute Gasteiger partial charge is 0.396 e. The molecule has 0 atom stereocenters. The van der Waals surface area contributed by atoms with Gasteiger partial charge in [-0.3, -0.25) is 4.68 Å². The molecular weight excluding hydrogens is 217 g/mol. The molecule has 0 spiro atoms. The summed E-state index contributed by atoms with van der Waals surface area (Å²) in [6, 6.07) is 6.20. The van der Waals surface area contributed by atoms with E-state index in [9.17, 15) is 4.39 Å². The van der Waals surface area contributed by atoms with Crippen LogP contribution < -0.4 is 5.73 Å². The molecule has 2 rings (SSSR count). The number of nitrogens with zero attached hydrogens (tertiary/aromatic N) is 2. The maximum Gasteiger partial charge on any atom is 0.123 e. The molecule has 1 aromatic heterocycles. The third-order valence-electron chi connectivity index (χ3n) is 2.46. The Labute approximate surface area is 100 Å². The van der Waals surface area contributed by atoms with Gasteiger partial charge in [0.25, 0.3) is 0 Å². The smallest absolute Gasteiger partial charge is 0.123 e. The molecule has 4 heteroatoms. The van der Waals surface area contributed by atoms with Crippen LogP contribution in [0.15, 0.2) is 30.5 Å². The highest BCUT2D eigenvalue weighted by Gasteiger charge is 2.09. The topological polar surface area (TPSA) is 43.8 Å². The van der Waals surface area contributed by atoms with Crippen molar-refractivity contribution in [2.45, 2.75) is 20.4 Å². The average Bonchev–Trinajstić information content (AvgIpc) is 2.59. The summed E-state index contributed by atoms with van der Waals surface area (Å²) in [5.41, 5.74) is 8.09. The van der Waals surface area contributed by atoms with Gasteiger partial charge in [-0.1, -0.05) is 13.8 Å². The minimum absolute atomic E-state index is 0.256. The predicted molar refractivity (Wildman–Crippen MR) is 66.9 cm³/mol. The fraction of sp³-hybridized carbons (Fsp3) is 0.308. The number of aromatic nitrogens is 2. The first-order valence-electron chi connectivity index (χ1n) is 5.65. The van der Waals surface area contributed by atoms with Gasteiger partial charge >= 0.3 is 0 Å². The highest BCUT2D eigenvalue weighted by atomic mass is 19.1. The number of benzene rings is 1. The number of nitrogens with two attached hydrogens (primary N) is 1. The van der Waals surface area contributed by atoms with Crippen LogP contribution in [0.1, 0.15) is 13.8 Å². The molecule has 0 bridgehead atoms. The number of hydrogen-bond donors (Lipinski definition) is 1. The van der Waals surface area contributed by atoms with E-state index < -0.39 is 0 Å². The van der Waals surface area contributed by atoms with Gasteiger partial charge < -0.3 is 5.73 Å². The Morgan fingerprint density at radius 3 is 2.53 bits per heavy atom. The van der Waals surface area contributed by atoms with Gasteiger partial charge in [0.1, 0.15) is 11.5 Å². The lowest BCUT2D eigenvalue weighted by Crippen LogP contribution is -2.04. The molecular formula is C13H16FN3. The van der Waals surface area contributed by atoms with Gasteiger partial charge in [-0.2, -0.15) is 5.10 Å². The van der Waals surface area contributed by atoms with Crippen LogP contribution in [-0.2, 0) is 6.54 Å². The second-order valence-electron chi connectivity index (χ2n) is 4.56. The zero-order valence-electron chi connectivity index (χ0n) is 10.0. The Bertz CT molecular complexity index is 500. The van der Waals surface area contributed by atoms with E-state index in [0.29, 0.717) is 17.3 Å². The van der Waals surface area contributed by atoms with E-state index in [2.05, 4.69) is 18.9 Å². The van der Waals surface area contributed by atoms with Gasteiger partial charge in [0.2, 0.25) is 0 Å². The minimum Gasteiger partial charge on any atom is -0.396 e. The summed E-state index contributed by atoms with van der Waals surface area (Å²) >= 11 is 0. The molecule has 0 amide bonds. The highest BCUT2D eigenvalue weighted by molar-refractivity contribution is 5.71. The molecule has 1 heterocycles. The summed E-state index contributed by atoms with van der Waals surface area (Å²) < 4.78 is 14.7.